The molecule has 2 aromatic rings. The Balaban J connectivity index is 1.83. The summed E-state index contributed by atoms with van der Waals surface area (Å²) in [7, 11) is 0. The first-order valence-corrected chi connectivity index (χ1v) is 8.00. The number of halogens is 2. The number of hydrogen-bond donors (Lipinski definition) is 1. The van der Waals surface area contributed by atoms with Gasteiger partial charge in [0.25, 0.3) is 5.91 Å². The van der Waals surface area contributed by atoms with E-state index in [4.69, 9.17) is 16.3 Å². The predicted octanol–water partition coefficient (Wildman–Crippen LogP) is 3.26. The van der Waals surface area contributed by atoms with Crippen LogP contribution in [0.1, 0.15) is 31.0 Å². The fourth-order valence-corrected chi connectivity index (χ4v) is 3.39. The Morgan fingerprint density at radius 1 is 1.39 bits per heavy atom. The summed E-state index contributed by atoms with van der Waals surface area (Å²) in [6.07, 6.45) is 3.19. The lowest BCUT2D eigenvalue weighted by Gasteiger charge is -2.24. The van der Waals surface area contributed by atoms with Crippen LogP contribution in [0.25, 0.3) is 5.69 Å². The van der Waals surface area contributed by atoms with Crippen molar-refractivity contribution in [2.24, 2.45) is 0 Å². The molecule has 2 aliphatic rings. The molecule has 1 unspecified atom stereocenters. The Labute approximate surface area is 137 Å². The Bertz CT molecular complexity index is 818. The van der Waals surface area contributed by atoms with Crippen LogP contribution >= 0.6 is 11.6 Å². The van der Waals surface area contributed by atoms with Gasteiger partial charge in [-0.05, 0) is 38.7 Å². The first-order valence-electron chi connectivity index (χ1n) is 7.62. The predicted molar refractivity (Wildman–Crippen MR) is 83.9 cm³/mol. The smallest absolute Gasteiger partial charge is 0.265 e. The standard InChI is InChI=1S/C16H15ClFN3O2/c1-8-16(22)19-12-7-13(10(18)6-14(12)23-8)21-15(17)9-4-2-3-5-11(9)20-21/h6-8H,2-5H2,1H3,(H,19,22). The normalized spacial score (nSPS) is 19.6. The highest BCUT2D eigenvalue weighted by molar-refractivity contribution is 6.30. The third-order valence-electron chi connectivity index (χ3n) is 4.30. The van der Waals surface area contributed by atoms with E-state index in [0.29, 0.717) is 16.6 Å². The van der Waals surface area contributed by atoms with Crippen LogP contribution in [0.2, 0.25) is 5.15 Å². The second-order valence-corrected chi connectivity index (χ2v) is 6.24. The molecule has 2 heterocycles. The monoisotopic (exact) mass is 335 g/mol. The summed E-state index contributed by atoms with van der Waals surface area (Å²) in [5.74, 6) is -0.443. The van der Waals surface area contributed by atoms with Crippen molar-refractivity contribution < 1.29 is 13.9 Å². The van der Waals surface area contributed by atoms with E-state index in [1.54, 1.807) is 6.92 Å². The molecule has 0 bridgehead atoms. The number of hydrogen-bond acceptors (Lipinski definition) is 3. The Morgan fingerprint density at radius 3 is 2.96 bits per heavy atom. The molecule has 5 nitrogen and oxygen atoms in total. The Morgan fingerprint density at radius 2 is 2.17 bits per heavy atom. The number of aryl methyl sites for hydroxylation is 1. The molecule has 4 rings (SSSR count). The number of nitrogens with zero attached hydrogens (tertiary/aromatic N) is 2. The van der Waals surface area contributed by atoms with Crippen LogP contribution in [-0.2, 0) is 17.6 Å². The zero-order chi connectivity index (χ0) is 16.1. The molecule has 0 spiro atoms. The van der Waals surface area contributed by atoms with Gasteiger partial charge in [-0.15, -0.1) is 0 Å². The molecule has 7 heteroatoms. The van der Waals surface area contributed by atoms with E-state index in [-0.39, 0.29) is 11.6 Å². The van der Waals surface area contributed by atoms with E-state index in [1.165, 1.54) is 16.8 Å². The Hall–Kier alpha value is -2.08. The fourth-order valence-electron chi connectivity index (χ4n) is 3.05. The number of benzene rings is 1. The number of fused-ring (bicyclic) bond motifs is 2. The molecule has 23 heavy (non-hydrogen) atoms. The third kappa shape index (κ3) is 2.28. The number of carbonyl (C=O) groups excluding carboxylic acids is 1. The van der Waals surface area contributed by atoms with Gasteiger partial charge < -0.3 is 10.1 Å². The van der Waals surface area contributed by atoms with Gasteiger partial charge in [0.2, 0.25) is 0 Å². The quantitative estimate of drug-likeness (QED) is 0.870. The summed E-state index contributed by atoms with van der Waals surface area (Å²) in [5.41, 5.74) is 2.55. The van der Waals surface area contributed by atoms with E-state index >= 15 is 0 Å². The average molecular weight is 336 g/mol. The number of ether oxygens (including phenoxy) is 1. The summed E-state index contributed by atoms with van der Waals surface area (Å²) < 4.78 is 21.3. The van der Waals surface area contributed by atoms with Crippen molar-refractivity contribution in [3.63, 3.8) is 0 Å². The summed E-state index contributed by atoms with van der Waals surface area (Å²) >= 11 is 6.40. The van der Waals surface area contributed by atoms with Crippen molar-refractivity contribution in [3.05, 3.63) is 34.4 Å². The maximum atomic E-state index is 14.5. The second kappa shape index (κ2) is 5.23. The van der Waals surface area contributed by atoms with Gasteiger partial charge in [0.1, 0.15) is 16.6 Å². The Kier molecular flexibility index (Phi) is 3.30. The van der Waals surface area contributed by atoms with Crippen LogP contribution < -0.4 is 10.1 Å². The van der Waals surface area contributed by atoms with E-state index < -0.39 is 11.9 Å². The lowest BCUT2D eigenvalue weighted by Crippen LogP contribution is -2.34. The minimum Gasteiger partial charge on any atom is -0.479 e. The SMILES string of the molecule is CC1Oc2cc(F)c(-n3nc4c(c3Cl)CCCC4)cc2NC1=O. The van der Waals surface area contributed by atoms with Gasteiger partial charge >= 0.3 is 0 Å². The maximum Gasteiger partial charge on any atom is 0.265 e. The number of anilines is 1. The molecule has 1 aliphatic carbocycles. The number of carbonyl (C=O) groups is 1. The van der Waals surface area contributed by atoms with Crippen LogP contribution in [-0.4, -0.2) is 21.8 Å². The number of aromatic nitrogens is 2. The van der Waals surface area contributed by atoms with E-state index in [0.717, 1.165) is 36.9 Å². The van der Waals surface area contributed by atoms with E-state index in [9.17, 15) is 9.18 Å². The topological polar surface area (TPSA) is 56.1 Å². The molecule has 1 atom stereocenters. The van der Waals surface area contributed by atoms with Crippen molar-refractivity contribution >= 4 is 23.2 Å². The van der Waals surface area contributed by atoms with Gasteiger partial charge in [0, 0.05) is 11.6 Å². The van der Waals surface area contributed by atoms with Crippen molar-refractivity contribution in [2.75, 3.05) is 5.32 Å². The van der Waals surface area contributed by atoms with Crippen LogP contribution in [0.4, 0.5) is 10.1 Å². The summed E-state index contributed by atoms with van der Waals surface area (Å²) in [6.45, 7) is 1.61. The zero-order valence-electron chi connectivity index (χ0n) is 12.5. The van der Waals surface area contributed by atoms with Gasteiger partial charge in [0.15, 0.2) is 11.9 Å². The largest absolute Gasteiger partial charge is 0.479 e. The first kappa shape index (κ1) is 14.5. The van der Waals surface area contributed by atoms with Crippen LogP contribution in [0, 0.1) is 5.82 Å². The fraction of sp³-hybridized carbons (Fsp3) is 0.375. The lowest BCUT2D eigenvalue weighted by molar-refractivity contribution is -0.122. The molecule has 0 fully saturated rings. The minimum absolute atomic E-state index is 0.210. The first-order chi connectivity index (χ1) is 11.0. The highest BCUT2D eigenvalue weighted by Gasteiger charge is 2.27. The van der Waals surface area contributed by atoms with Crippen molar-refractivity contribution in [1.82, 2.24) is 9.78 Å². The molecule has 1 aliphatic heterocycles. The molecular formula is C16H15ClFN3O2. The molecule has 0 radical (unpaired) electrons. The third-order valence-corrected chi connectivity index (χ3v) is 4.69. The summed E-state index contributed by atoms with van der Waals surface area (Å²) in [6, 6.07) is 2.77. The molecule has 1 aromatic carbocycles. The lowest BCUT2D eigenvalue weighted by atomic mass is 9.99. The maximum absolute atomic E-state index is 14.5. The zero-order valence-corrected chi connectivity index (χ0v) is 13.3. The van der Waals surface area contributed by atoms with Gasteiger partial charge in [0.05, 0.1) is 11.4 Å². The second-order valence-electron chi connectivity index (χ2n) is 5.88. The molecule has 120 valence electrons. The summed E-state index contributed by atoms with van der Waals surface area (Å²) in [4.78, 5) is 11.7. The highest BCUT2D eigenvalue weighted by atomic mass is 35.5. The van der Waals surface area contributed by atoms with Crippen LogP contribution in [0.15, 0.2) is 12.1 Å². The van der Waals surface area contributed by atoms with Gasteiger partial charge in [-0.2, -0.15) is 5.10 Å². The van der Waals surface area contributed by atoms with Gasteiger partial charge in [-0.25, -0.2) is 9.07 Å². The molecule has 0 saturated carbocycles. The van der Waals surface area contributed by atoms with Crippen molar-refractivity contribution in [2.45, 2.75) is 38.7 Å². The number of amides is 1. The van der Waals surface area contributed by atoms with E-state index in [1.807, 2.05) is 0 Å². The molecule has 1 aromatic heterocycles. The summed E-state index contributed by atoms with van der Waals surface area (Å²) in [5, 5.41) is 7.61. The molecular weight excluding hydrogens is 321 g/mol. The molecule has 1 N–H and O–H groups in total. The van der Waals surface area contributed by atoms with Crippen LogP contribution in [0.5, 0.6) is 5.75 Å². The number of rotatable bonds is 1. The van der Waals surface area contributed by atoms with E-state index in [2.05, 4.69) is 10.4 Å². The minimum atomic E-state index is -0.645. The number of nitrogens with one attached hydrogen (secondary N) is 1. The van der Waals surface area contributed by atoms with Crippen molar-refractivity contribution in [3.8, 4) is 11.4 Å². The highest BCUT2D eigenvalue weighted by Crippen LogP contribution is 2.36. The van der Waals surface area contributed by atoms with Gasteiger partial charge in [-0.1, -0.05) is 11.6 Å². The molecule has 0 saturated heterocycles. The van der Waals surface area contributed by atoms with Crippen LogP contribution in [0.3, 0.4) is 0 Å². The molecule has 1 amide bonds. The average Bonchev–Trinajstić information content (AvgIpc) is 2.86. The van der Waals surface area contributed by atoms with Gasteiger partial charge in [-0.3, -0.25) is 4.79 Å². The van der Waals surface area contributed by atoms with Crippen molar-refractivity contribution in [1.29, 1.82) is 0 Å².